The Balaban J connectivity index is 5.04. The monoisotopic (exact) mass is 324 g/mol. The van der Waals surface area contributed by atoms with Crippen molar-refractivity contribution in [2.45, 2.75) is 6.92 Å². The van der Waals surface area contributed by atoms with Crippen LogP contribution in [0.1, 0.15) is 6.92 Å². The van der Waals surface area contributed by atoms with Gasteiger partial charge in [-0.3, -0.25) is 0 Å². The van der Waals surface area contributed by atoms with Gasteiger partial charge in [0.15, 0.2) is 0 Å². The quantitative estimate of drug-likeness (QED) is 0.224. The summed E-state index contributed by atoms with van der Waals surface area (Å²) in [5, 5.41) is 20.5. The van der Waals surface area contributed by atoms with Gasteiger partial charge in [-0.05, 0) is 25.0 Å². The minimum atomic E-state index is 0.388. The molecule has 0 amide bonds. The highest BCUT2D eigenvalue weighted by Gasteiger charge is 2.07. The molecule has 0 spiro atoms. The number of likely N-dealkylation sites (N-methyl/N-ethyl adjacent to an activating group) is 2. The van der Waals surface area contributed by atoms with Crippen LogP contribution in [0.2, 0.25) is 0 Å². The summed E-state index contributed by atoms with van der Waals surface area (Å²) < 4.78 is 0. The first-order valence-electron chi connectivity index (χ1n) is 6.91. The van der Waals surface area contributed by atoms with Crippen molar-refractivity contribution in [3.63, 3.8) is 0 Å². The fraction of sp³-hybridized carbons (Fsp3) is 0.400. The molecule has 0 unspecified atom stereocenters. The first kappa shape index (κ1) is 20.3. The van der Waals surface area contributed by atoms with E-state index in [0.29, 0.717) is 13.2 Å². The third-order valence-electron chi connectivity index (χ3n) is 2.67. The Kier molecular flexibility index (Phi) is 11.0. The van der Waals surface area contributed by atoms with Crippen LogP contribution in [0.5, 0.6) is 0 Å². The fourth-order valence-electron chi connectivity index (χ4n) is 1.56. The van der Waals surface area contributed by atoms with Crippen molar-refractivity contribution in [1.82, 2.24) is 20.9 Å². The first-order chi connectivity index (χ1) is 10.5. The molecule has 0 saturated carbocycles. The molecule has 7 heteroatoms. The predicted molar refractivity (Wildman–Crippen MR) is 98.4 cm³/mol. The molecule has 0 radical (unpaired) electrons. The number of allylic oxidation sites excluding steroid dienone is 1. The molecule has 0 aromatic rings. The molecule has 0 aliphatic heterocycles. The van der Waals surface area contributed by atoms with Gasteiger partial charge in [0.2, 0.25) is 0 Å². The van der Waals surface area contributed by atoms with Gasteiger partial charge in [-0.1, -0.05) is 6.58 Å². The van der Waals surface area contributed by atoms with Crippen molar-refractivity contribution < 1.29 is 0 Å². The fourth-order valence-corrected chi connectivity index (χ4v) is 2.41. The topological polar surface area (TPSA) is 89.2 Å². The lowest BCUT2D eigenvalue weighted by molar-refractivity contribution is 0.435. The van der Waals surface area contributed by atoms with E-state index in [4.69, 9.17) is 11.1 Å². The summed E-state index contributed by atoms with van der Waals surface area (Å²) >= 11 is 1.50. The lowest BCUT2D eigenvalue weighted by Gasteiger charge is -2.23. The zero-order valence-electron chi connectivity index (χ0n) is 13.9. The highest BCUT2D eigenvalue weighted by atomic mass is 32.2. The van der Waals surface area contributed by atoms with E-state index < -0.39 is 0 Å². The van der Waals surface area contributed by atoms with Crippen LogP contribution in [-0.2, 0) is 0 Å². The van der Waals surface area contributed by atoms with Gasteiger partial charge in [-0.25, -0.2) is 0 Å². The Morgan fingerprint density at radius 1 is 1.36 bits per heavy atom. The molecule has 0 fully saturated rings. The highest BCUT2D eigenvalue weighted by molar-refractivity contribution is 8.05. The van der Waals surface area contributed by atoms with Crippen molar-refractivity contribution in [3.05, 3.63) is 46.3 Å². The van der Waals surface area contributed by atoms with Crippen LogP contribution in [0, 0.1) is 5.41 Å². The second-order valence-corrected chi connectivity index (χ2v) is 5.35. The molecule has 0 aliphatic carbocycles. The number of nitrogens with two attached hydrogens (primary N) is 1. The maximum absolute atomic E-state index is 7.35. The van der Waals surface area contributed by atoms with Crippen LogP contribution in [0.15, 0.2) is 46.3 Å². The van der Waals surface area contributed by atoms with Gasteiger partial charge in [0.25, 0.3) is 0 Å². The van der Waals surface area contributed by atoms with Crippen LogP contribution >= 0.6 is 11.8 Å². The molecule has 0 atom stereocenters. The van der Waals surface area contributed by atoms with Crippen LogP contribution in [0.4, 0.5) is 0 Å². The van der Waals surface area contributed by atoms with Crippen molar-refractivity contribution in [3.8, 4) is 0 Å². The summed E-state index contributed by atoms with van der Waals surface area (Å²) in [6.07, 6.45) is 3.20. The third kappa shape index (κ3) is 7.92. The largest absolute Gasteiger partial charge is 0.393 e. The Morgan fingerprint density at radius 2 is 2.05 bits per heavy atom. The van der Waals surface area contributed by atoms with Crippen LogP contribution in [0.25, 0.3) is 0 Å². The molecule has 0 bridgehead atoms. The van der Waals surface area contributed by atoms with E-state index in [2.05, 4.69) is 22.5 Å². The SMILES string of the molecule is C=C(N/C(C)=C/NC)/C(=C/S/C=C(\C=N)CNC)N(C)CN. The number of hydrogen-bond donors (Lipinski definition) is 5. The van der Waals surface area contributed by atoms with Gasteiger partial charge < -0.3 is 32.0 Å². The molecule has 0 rings (SSSR count). The summed E-state index contributed by atoms with van der Waals surface area (Å²) in [7, 11) is 5.61. The molecule has 0 aliphatic rings. The Bertz CT molecular complexity index is 453. The zero-order chi connectivity index (χ0) is 17.0. The lowest BCUT2D eigenvalue weighted by atomic mass is 10.3. The maximum atomic E-state index is 7.35. The molecular formula is C15H28N6S. The molecule has 0 aromatic heterocycles. The van der Waals surface area contributed by atoms with E-state index >= 15 is 0 Å². The summed E-state index contributed by atoms with van der Waals surface area (Å²) in [6.45, 7) is 7.07. The first-order valence-corrected chi connectivity index (χ1v) is 7.85. The number of hydrogen-bond acceptors (Lipinski definition) is 7. The molecule has 0 saturated heterocycles. The minimum absolute atomic E-state index is 0.388. The van der Waals surface area contributed by atoms with E-state index in [0.717, 1.165) is 22.7 Å². The lowest BCUT2D eigenvalue weighted by Crippen LogP contribution is -2.29. The van der Waals surface area contributed by atoms with E-state index in [1.807, 2.05) is 50.0 Å². The normalized spacial score (nSPS) is 12.9. The van der Waals surface area contributed by atoms with Gasteiger partial charge in [0.05, 0.1) is 18.1 Å². The average molecular weight is 324 g/mol. The van der Waals surface area contributed by atoms with Crippen molar-refractivity contribution in [2.75, 3.05) is 34.4 Å². The van der Waals surface area contributed by atoms with E-state index in [-0.39, 0.29) is 0 Å². The molecule has 0 heterocycles. The number of nitrogens with one attached hydrogen (secondary N) is 4. The van der Waals surface area contributed by atoms with Gasteiger partial charge in [-0.2, -0.15) is 0 Å². The molecule has 6 N–H and O–H groups in total. The average Bonchev–Trinajstić information content (AvgIpc) is 2.49. The van der Waals surface area contributed by atoms with E-state index in [1.54, 1.807) is 0 Å². The molecule has 6 nitrogen and oxygen atoms in total. The van der Waals surface area contributed by atoms with Gasteiger partial charge >= 0.3 is 0 Å². The molecule has 22 heavy (non-hydrogen) atoms. The number of thioether (sulfide) groups is 1. The molecule has 0 aromatic carbocycles. The van der Waals surface area contributed by atoms with Gasteiger partial charge in [0.1, 0.15) is 0 Å². The third-order valence-corrected chi connectivity index (χ3v) is 3.47. The highest BCUT2D eigenvalue weighted by Crippen LogP contribution is 2.17. The van der Waals surface area contributed by atoms with E-state index in [9.17, 15) is 0 Å². The minimum Gasteiger partial charge on any atom is -0.393 e. The number of rotatable bonds is 11. The summed E-state index contributed by atoms with van der Waals surface area (Å²) in [5.41, 5.74) is 9.26. The standard InChI is InChI=1S/C15H28N6S/c1-12(7-18-3)20-13(2)15(21(5)11-17)10-22-9-14(6-16)8-19-4/h6-7,9-10,16,18-20H,2,8,11,17H2,1,3-5H3/b12-7+,14-9+,15-10-,16-6?. The Morgan fingerprint density at radius 3 is 2.55 bits per heavy atom. The zero-order valence-corrected chi connectivity index (χ0v) is 14.7. The predicted octanol–water partition coefficient (Wildman–Crippen LogP) is 1.35. The van der Waals surface area contributed by atoms with Gasteiger partial charge in [0, 0.05) is 44.2 Å². The van der Waals surface area contributed by atoms with Crippen LogP contribution in [-0.4, -0.2) is 45.5 Å². The summed E-state index contributed by atoms with van der Waals surface area (Å²) in [5.74, 6) is 0. The summed E-state index contributed by atoms with van der Waals surface area (Å²) in [6, 6.07) is 0. The van der Waals surface area contributed by atoms with Crippen molar-refractivity contribution in [2.24, 2.45) is 5.73 Å². The second kappa shape index (κ2) is 11.9. The number of nitrogens with zero attached hydrogens (tertiary/aromatic N) is 1. The second-order valence-electron chi connectivity index (χ2n) is 4.61. The van der Waals surface area contributed by atoms with Crippen molar-refractivity contribution in [1.29, 1.82) is 5.41 Å². The van der Waals surface area contributed by atoms with Crippen molar-refractivity contribution >= 4 is 18.0 Å². The Hall–Kier alpha value is -1.70. The molecular weight excluding hydrogens is 296 g/mol. The van der Waals surface area contributed by atoms with Gasteiger partial charge in [-0.15, -0.1) is 11.8 Å². The summed E-state index contributed by atoms with van der Waals surface area (Å²) in [4.78, 5) is 1.91. The van der Waals surface area contributed by atoms with Crippen LogP contribution < -0.4 is 21.7 Å². The van der Waals surface area contributed by atoms with Crippen LogP contribution in [0.3, 0.4) is 0 Å². The molecule has 124 valence electrons. The maximum Gasteiger partial charge on any atom is 0.0674 e. The Labute approximate surface area is 138 Å². The van der Waals surface area contributed by atoms with E-state index in [1.165, 1.54) is 18.0 Å². The smallest absolute Gasteiger partial charge is 0.0674 e.